The van der Waals surface area contributed by atoms with Crippen molar-refractivity contribution in [1.82, 2.24) is 10.2 Å². The van der Waals surface area contributed by atoms with E-state index >= 15 is 0 Å². The summed E-state index contributed by atoms with van der Waals surface area (Å²) < 4.78 is 31.4. The minimum Gasteiger partial charge on any atom is -0.379 e. The largest absolute Gasteiger partial charge is 0.379 e. The Labute approximate surface area is 185 Å². The minimum atomic E-state index is -3.63. The van der Waals surface area contributed by atoms with Gasteiger partial charge in [0, 0.05) is 26.2 Å². The van der Waals surface area contributed by atoms with Crippen molar-refractivity contribution in [2.24, 2.45) is 0 Å². The molecule has 1 amide bonds. The van der Waals surface area contributed by atoms with Gasteiger partial charge < -0.3 is 10.1 Å². The van der Waals surface area contributed by atoms with E-state index in [1.165, 1.54) is 9.87 Å². The highest BCUT2D eigenvalue weighted by molar-refractivity contribution is 7.92. The molecule has 2 aromatic carbocycles. The Morgan fingerprint density at radius 2 is 1.81 bits per heavy atom. The number of hydrogen-bond donors (Lipinski definition) is 1. The lowest BCUT2D eigenvalue weighted by atomic mass is 10.1. The molecule has 0 spiro atoms. The summed E-state index contributed by atoms with van der Waals surface area (Å²) in [5, 5.41) is 2.89. The first-order valence-corrected chi connectivity index (χ1v) is 12.3. The summed E-state index contributed by atoms with van der Waals surface area (Å²) >= 11 is 0. The number of carbonyl (C=O) groups is 1. The quantitative estimate of drug-likeness (QED) is 0.675. The number of amides is 1. The van der Waals surface area contributed by atoms with Gasteiger partial charge in [0.25, 0.3) is 0 Å². The van der Waals surface area contributed by atoms with Crippen LogP contribution in [0.4, 0.5) is 5.69 Å². The number of sulfonamides is 1. The van der Waals surface area contributed by atoms with E-state index < -0.39 is 16.1 Å². The summed E-state index contributed by atoms with van der Waals surface area (Å²) in [5.41, 5.74) is 3.57. The fourth-order valence-electron chi connectivity index (χ4n) is 3.77. The van der Waals surface area contributed by atoms with Crippen LogP contribution in [0.25, 0.3) is 0 Å². The molecule has 0 radical (unpaired) electrons. The maximum Gasteiger partial charge on any atom is 0.243 e. The molecule has 1 atom stereocenters. The van der Waals surface area contributed by atoms with E-state index in [1.807, 2.05) is 25.1 Å². The van der Waals surface area contributed by atoms with Crippen LogP contribution < -0.4 is 9.62 Å². The molecular weight excluding hydrogens is 414 g/mol. The average molecular weight is 446 g/mol. The van der Waals surface area contributed by atoms with E-state index in [1.54, 1.807) is 25.1 Å². The van der Waals surface area contributed by atoms with Crippen molar-refractivity contribution < 1.29 is 17.9 Å². The fourth-order valence-corrected chi connectivity index (χ4v) is 4.93. The monoisotopic (exact) mass is 445 g/mol. The van der Waals surface area contributed by atoms with Crippen LogP contribution in [0, 0.1) is 6.92 Å². The maximum atomic E-state index is 12.8. The van der Waals surface area contributed by atoms with Gasteiger partial charge in [-0.3, -0.25) is 14.0 Å². The molecule has 1 aliphatic rings. The molecule has 2 aromatic rings. The summed E-state index contributed by atoms with van der Waals surface area (Å²) in [6, 6.07) is 14.4. The molecule has 1 fully saturated rings. The average Bonchev–Trinajstić information content (AvgIpc) is 2.72. The lowest BCUT2D eigenvalue weighted by Gasteiger charge is -2.28. The van der Waals surface area contributed by atoms with Gasteiger partial charge in [-0.2, -0.15) is 0 Å². The van der Waals surface area contributed by atoms with Crippen molar-refractivity contribution in [1.29, 1.82) is 0 Å². The molecule has 0 saturated carbocycles. The third-order valence-electron chi connectivity index (χ3n) is 5.31. The van der Waals surface area contributed by atoms with Gasteiger partial charge in [0.2, 0.25) is 15.9 Å². The molecule has 1 heterocycles. The van der Waals surface area contributed by atoms with E-state index in [9.17, 15) is 13.2 Å². The SMILES string of the molecule is Cc1cccc(N([C@@H](C)C(=O)NCc2cccc(CN3CCOCC3)c2)S(C)(=O)=O)c1. The third-order valence-corrected chi connectivity index (χ3v) is 6.55. The van der Waals surface area contributed by atoms with Gasteiger partial charge >= 0.3 is 0 Å². The Balaban J connectivity index is 1.65. The predicted octanol–water partition coefficient (Wildman–Crippen LogP) is 2.30. The smallest absolute Gasteiger partial charge is 0.243 e. The van der Waals surface area contributed by atoms with Crippen molar-refractivity contribution in [3.8, 4) is 0 Å². The fraction of sp³-hybridized carbons (Fsp3) is 0.435. The number of hydrogen-bond acceptors (Lipinski definition) is 5. The first kappa shape index (κ1) is 23.2. The Morgan fingerprint density at radius 1 is 1.13 bits per heavy atom. The highest BCUT2D eigenvalue weighted by Gasteiger charge is 2.29. The normalized spacial score (nSPS) is 16.0. The van der Waals surface area contributed by atoms with Crippen molar-refractivity contribution >= 4 is 21.6 Å². The second-order valence-electron chi connectivity index (χ2n) is 8.00. The van der Waals surface area contributed by atoms with Crippen LogP contribution >= 0.6 is 0 Å². The Bertz CT molecular complexity index is 1000. The summed E-state index contributed by atoms with van der Waals surface area (Å²) in [6.45, 7) is 8.02. The number of aryl methyl sites for hydroxylation is 1. The second kappa shape index (κ2) is 10.3. The highest BCUT2D eigenvalue weighted by Crippen LogP contribution is 2.22. The van der Waals surface area contributed by atoms with E-state index in [0.29, 0.717) is 12.2 Å². The standard InChI is InChI=1S/C23H31N3O4S/c1-18-6-4-9-22(14-18)26(31(3,28)29)19(2)23(27)24-16-20-7-5-8-21(15-20)17-25-10-12-30-13-11-25/h4-9,14-15,19H,10-13,16-17H2,1-3H3,(H,24,27)/t19-/m0/s1. The number of morpholine rings is 1. The number of benzene rings is 2. The second-order valence-corrected chi connectivity index (χ2v) is 9.86. The third kappa shape index (κ3) is 6.53. The molecule has 0 unspecified atom stereocenters. The van der Waals surface area contributed by atoms with Crippen molar-refractivity contribution in [2.75, 3.05) is 36.9 Å². The van der Waals surface area contributed by atoms with Gasteiger partial charge in [-0.15, -0.1) is 0 Å². The molecule has 8 heteroatoms. The van der Waals surface area contributed by atoms with Crippen LogP contribution in [-0.2, 0) is 32.6 Å². The molecule has 0 aliphatic carbocycles. The van der Waals surface area contributed by atoms with Gasteiger partial charge in [-0.05, 0) is 42.7 Å². The maximum absolute atomic E-state index is 12.8. The van der Waals surface area contributed by atoms with E-state index in [-0.39, 0.29) is 5.91 Å². The Morgan fingerprint density at radius 3 is 2.48 bits per heavy atom. The Kier molecular flexibility index (Phi) is 7.69. The molecule has 168 valence electrons. The molecule has 0 bridgehead atoms. The topological polar surface area (TPSA) is 79.0 Å². The lowest BCUT2D eigenvalue weighted by Crippen LogP contribution is -2.47. The van der Waals surface area contributed by atoms with Gasteiger partial charge in [0.05, 0.1) is 25.2 Å². The molecule has 1 N–H and O–H groups in total. The molecule has 7 nitrogen and oxygen atoms in total. The first-order chi connectivity index (χ1) is 14.7. The first-order valence-electron chi connectivity index (χ1n) is 10.5. The number of nitrogens with zero attached hydrogens (tertiary/aromatic N) is 2. The summed E-state index contributed by atoms with van der Waals surface area (Å²) in [6.07, 6.45) is 1.12. The highest BCUT2D eigenvalue weighted by atomic mass is 32.2. The zero-order chi connectivity index (χ0) is 22.4. The van der Waals surface area contributed by atoms with Crippen LogP contribution in [0.1, 0.15) is 23.6 Å². The van der Waals surface area contributed by atoms with E-state index in [4.69, 9.17) is 4.74 Å². The number of anilines is 1. The molecule has 3 rings (SSSR count). The van der Waals surface area contributed by atoms with Gasteiger partial charge in [0.15, 0.2) is 0 Å². The van der Waals surface area contributed by atoms with Gasteiger partial charge in [-0.25, -0.2) is 8.42 Å². The van der Waals surface area contributed by atoms with Crippen LogP contribution in [0.5, 0.6) is 0 Å². The van der Waals surface area contributed by atoms with E-state index in [2.05, 4.69) is 22.3 Å². The molecular formula is C23H31N3O4S. The summed E-state index contributed by atoms with van der Waals surface area (Å²) in [5.74, 6) is -0.342. The van der Waals surface area contributed by atoms with Crippen LogP contribution in [-0.4, -0.2) is 57.8 Å². The number of rotatable bonds is 8. The van der Waals surface area contributed by atoms with Crippen LogP contribution in [0.15, 0.2) is 48.5 Å². The van der Waals surface area contributed by atoms with Crippen molar-refractivity contribution in [3.05, 3.63) is 65.2 Å². The summed E-state index contributed by atoms with van der Waals surface area (Å²) in [7, 11) is -3.63. The molecule has 31 heavy (non-hydrogen) atoms. The predicted molar refractivity (Wildman–Crippen MR) is 122 cm³/mol. The van der Waals surface area contributed by atoms with Crippen LogP contribution in [0.3, 0.4) is 0 Å². The summed E-state index contributed by atoms with van der Waals surface area (Å²) in [4.78, 5) is 15.2. The molecule has 0 aromatic heterocycles. The van der Waals surface area contributed by atoms with Crippen molar-refractivity contribution in [2.45, 2.75) is 33.0 Å². The van der Waals surface area contributed by atoms with Crippen molar-refractivity contribution in [3.63, 3.8) is 0 Å². The van der Waals surface area contributed by atoms with Crippen LogP contribution in [0.2, 0.25) is 0 Å². The van der Waals surface area contributed by atoms with Gasteiger partial charge in [-0.1, -0.05) is 36.4 Å². The number of ether oxygens (including phenoxy) is 1. The number of nitrogens with one attached hydrogen (secondary N) is 1. The minimum absolute atomic E-state index is 0.339. The zero-order valence-electron chi connectivity index (χ0n) is 18.4. The molecule has 1 saturated heterocycles. The molecule has 1 aliphatic heterocycles. The number of carbonyl (C=O) groups excluding carboxylic acids is 1. The lowest BCUT2D eigenvalue weighted by molar-refractivity contribution is -0.122. The van der Waals surface area contributed by atoms with Gasteiger partial charge in [0.1, 0.15) is 6.04 Å². The zero-order valence-corrected chi connectivity index (χ0v) is 19.2. The van der Waals surface area contributed by atoms with E-state index in [0.717, 1.165) is 50.2 Å². The Hall–Kier alpha value is -2.42.